The Bertz CT molecular complexity index is 834. The number of carbonyl (C=O) groups excluding carboxylic acids is 2. The number of benzene rings is 2. The Labute approximate surface area is 156 Å². The minimum absolute atomic E-state index is 0.124. The number of urea groups is 1. The summed E-state index contributed by atoms with van der Waals surface area (Å²) >= 11 is 5.84. The van der Waals surface area contributed by atoms with Gasteiger partial charge in [-0.05, 0) is 49.7 Å². The van der Waals surface area contributed by atoms with Gasteiger partial charge in [-0.15, -0.1) is 0 Å². The van der Waals surface area contributed by atoms with Gasteiger partial charge in [-0.25, -0.2) is 4.79 Å². The first-order chi connectivity index (χ1) is 12.3. The first-order valence-electron chi connectivity index (χ1n) is 8.21. The molecule has 0 saturated carbocycles. The van der Waals surface area contributed by atoms with Crippen molar-refractivity contribution in [2.24, 2.45) is 5.41 Å². The van der Waals surface area contributed by atoms with E-state index in [0.29, 0.717) is 35.3 Å². The Morgan fingerprint density at radius 2 is 1.96 bits per heavy atom. The van der Waals surface area contributed by atoms with Crippen molar-refractivity contribution in [2.45, 2.75) is 20.4 Å². The molecule has 0 saturated heterocycles. The summed E-state index contributed by atoms with van der Waals surface area (Å²) in [6, 6.07) is 12.0. The zero-order chi connectivity index (χ0) is 18.7. The molecule has 1 heterocycles. The van der Waals surface area contributed by atoms with Crippen molar-refractivity contribution in [1.29, 1.82) is 0 Å². The number of fused-ring (bicyclic) bond motifs is 1. The van der Waals surface area contributed by atoms with Gasteiger partial charge in [0.1, 0.15) is 12.4 Å². The van der Waals surface area contributed by atoms with Gasteiger partial charge in [0, 0.05) is 17.3 Å². The lowest BCUT2D eigenvalue weighted by molar-refractivity contribution is -0.124. The molecule has 3 N–H and O–H groups in total. The molecule has 0 radical (unpaired) electrons. The van der Waals surface area contributed by atoms with Crippen molar-refractivity contribution in [2.75, 3.05) is 17.2 Å². The Morgan fingerprint density at radius 1 is 1.23 bits per heavy atom. The average molecular weight is 374 g/mol. The zero-order valence-electron chi connectivity index (χ0n) is 14.6. The summed E-state index contributed by atoms with van der Waals surface area (Å²) < 4.78 is 5.69. The molecule has 0 bridgehead atoms. The molecule has 136 valence electrons. The van der Waals surface area contributed by atoms with Gasteiger partial charge in [0.25, 0.3) is 0 Å². The summed E-state index contributed by atoms with van der Waals surface area (Å²) in [5, 5.41) is 9.01. The van der Waals surface area contributed by atoms with Gasteiger partial charge in [0.15, 0.2) is 0 Å². The third kappa shape index (κ3) is 4.26. The Balaban J connectivity index is 1.63. The highest BCUT2D eigenvalue weighted by Crippen LogP contribution is 2.34. The fourth-order valence-corrected chi connectivity index (χ4v) is 2.53. The van der Waals surface area contributed by atoms with Crippen molar-refractivity contribution in [3.05, 3.63) is 53.1 Å². The van der Waals surface area contributed by atoms with Crippen molar-refractivity contribution in [1.82, 2.24) is 5.32 Å². The number of hydrogen-bond donors (Lipinski definition) is 3. The molecule has 6 nitrogen and oxygen atoms in total. The van der Waals surface area contributed by atoms with E-state index in [9.17, 15) is 9.59 Å². The highest BCUT2D eigenvalue weighted by Gasteiger charge is 2.32. The van der Waals surface area contributed by atoms with E-state index in [1.165, 1.54) is 0 Å². The Hall–Kier alpha value is -2.73. The van der Waals surface area contributed by atoms with Crippen LogP contribution in [0.4, 0.5) is 16.2 Å². The standard InChI is InChI=1S/C19H20ClN3O3/c1-19(2)11-26-16-8-7-14(9-15(16)23-17(19)24)22-18(25)21-10-12-3-5-13(20)6-4-12/h3-9H,10-11H2,1-2H3,(H,23,24)(H2,21,22,25). The van der Waals surface area contributed by atoms with Crippen LogP contribution < -0.4 is 20.7 Å². The number of carbonyl (C=O) groups is 2. The average Bonchev–Trinajstić information content (AvgIpc) is 2.71. The minimum atomic E-state index is -0.622. The molecular weight excluding hydrogens is 354 g/mol. The van der Waals surface area contributed by atoms with Crippen LogP contribution in [0, 0.1) is 5.41 Å². The van der Waals surface area contributed by atoms with E-state index >= 15 is 0 Å². The third-order valence-electron chi connectivity index (χ3n) is 4.06. The number of halogens is 1. The van der Waals surface area contributed by atoms with Gasteiger partial charge in [-0.2, -0.15) is 0 Å². The molecule has 0 aromatic heterocycles. The van der Waals surface area contributed by atoms with Gasteiger partial charge >= 0.3 is 6.03 Å². The molecule has 7 heteroatoms. The fourth-order valence-electron chi connectivity index (χ4n) is 2.41. The second-order valence-electron chi connectivity index (χ2n) is 6.77. The maximum absolute atomic E-state index is 12.2. The van der Waals surface area contributed by atoms with Gasteiger partial charge in [0.2, 0.25) is 5.91 Å². The summed E-state index contributed by atoms with van der Waals surface area (Å²) in [7, 11) is 0. The summed E-state index contributed by atoms with van der Waals surface area (Å²) in [5.74, 6) is 0.455. The smallest absolute Gasteiger partial charge is 0.319 e. The van der Waals surface area contributed by atoms with E-state index in [0.717, 1.165) is 5.56 Å². The first kappa shape index (κ1) is 18.1. The second kappa shape index (κ2) is 7.25. The topological polar surface area (TPSA) is 79.5 Å². The van der Waals surface area contributed by atoms with E-state index in [4.69, 9.17) is 16.3 Å². The molecule has 0 aliphatic carbocycles. The lowest BCUT2D eigenvalue weighted by Gasteiger charge is -2.18. The van der Waals surface area contributed by atoms with Gasteiger partial charge < -0.3 is 20.7 Å². The lowest BCUT2D eigenvalue weighted by Crippen LogP contribution is -2.33. The molecule has 3 rings (SSSR count). The van der Waals surface area contributed by atoms with Crippen LogP contribution in [0.15, 0.2) is 42.5 Å². The molecule has 1 aliphatic heterocycles. The SMILES string of the molecule is CC1(C)COc2ccc(NC(=O)NCc3ccc(Cl)cc3)cc2NC1=O. The molecule has 3 amide bonds. The molecule has 0 atom stereocenters. The maximum atomic E-state index is 12.2. The van der Waals surface area contributed by atoms with Crippen LogP contribution in [0.5, 0.6) is 5.75 Å². The molecule has 0 fully saturated rings. The van der Waals surface area contributed by atoms with Gasteiger partial charge in [-0.3, -0.25) is 4.79 Å². The van der Waals surface area contributed by atoms with Crippen LogP contribution in [0.2, 0.25) is 5.02 Å². The monoisotopic (exact) mass is 373 g/mol. The predicted molar refractivity (Wildman–Crippen MR) is 102 cm³/mol. The van der Waals surface area contributed by atoms with E-state index < -0.39 is 5.41 Å². The number of ether oxygens (including phenoxy) is 1. The first-order valence-corrected chi connectivity index (χ1v) is 8.59. The van der Waals surface area contributed by atoms with Crippen LogP contribution in [0.3, 0.4) is 0 Å². The molecule has 2 aromatic carbocycles. The summed E-state index contributed by atoms with van der Waals surface area (Å²) in [6.45, 7) is 4.30. The highest BCUT2D eigenvalue weighted by molar-refractivity contribution is 6.30. The largest absolute Gasteiger partial charge is 0.490 e. The summed E-state index contributed by atoms with van der Waals surface area (Å²) in [5.41, 5.74) is 1.41. The number of amides is 3. The minimum Gasteiger partial charge on any atom is -0.490 e. The fraction of sp³-hybridized carbons (Fsp3) is 0.263. The Kier molecular flexibility index (Phi) is 5.04. The second-order valence-corrected chi connectivity index (χ2v) is 7.21. The number of hydrogen-bond acceptors (Lipinski definition) is 3. The molecule has 2 aromatic rings. The Morgan fingerprint density at radius 3 is 2.69 bits per heavy atom. The van der Waals surface area contributed by atoms with E-state index in [2.05, 4.69) is 16.0 Å². The van der Waals surface area contributed by atoms with Crippen molar-refractivity contribution >= 4 is 34.9 Å². The number of nitrogens with one attached hydrogen (secondary N) is 3. The predicted octanol–water partition coefficient (Wildman–Crippen LogP) is 4.02. The summed E-state index contributed by atoms with van der Waals surface area (Å²) in [4.78, 5) is 24.3. The van der Waals surface area contributed by atoms with Crippen LogP contribution in [0.1, 0.15) is 19.4 Å². The van der Waals surface area contributed by atoms with Crippen LogP contribution >= 0.6 is 11.6 Å². The molecule has 0 spiro atoms. The van der Waals surface area contributed by atoms with E-state index in [1.54, 1.807) is 30.3 Å². The van der Waals surface area contributed by atoms with Crippen molar-refractivity contribution in [3.8, 4) is 5.75 Å². The van der Waals surface area contributed by atoms with Gasteiger partial charge in [-0.1, -0.05) is 23.7 Å². The van der Waals surface area contributed by atoms with Crippen LogP contribution in [-0.2, 0) is 11.3 Å². The van der Waals surface area contributed by atoms with Crippen LogP contribution in [-0.4, -0.2) is 18.5 Å². The van der Waals surface area contributed by atoms with Crippen LogP contribution in [0.25, 0.3) is 0 Å². The van der Waals surface area contributed by atoms with E-state index in [-0.39, 0.29) is 11.9 Å². The summed E-state index contributed by atoms with van der Waals surface area (Å²) in [6.07, 6.45) is 0. The van der Waals surface area contributed by atoms with Crippen molar-refractivity contribution < 1.29 is 14.3 Å². The van der Waals surface area contributed by atoms with E-state index in [1.807, 2.05) is 26.0 Å². The molecule has 1 aliphatic rings. The lowest BCUT2D eigenvalue weighted by atomic mass is 9.94. The number of anilines is 2. The van der Waals surface area contributed by atoms with Gasteiger partial charge in [0.05, 0.1) is 11.1 Å². The highest BCUT2D eigenvalue weighted by atomic mass is 35.5. The maximum Gasteiger partial charge on any atom is 0.319 e. The molecule has 0 unspecified atom stereocenters. The zero-order valence-corrected chi connectivity index (χ0v) is 15.3. The third-order valence-corrected chi connectivity index (χ3v) is 4.31. The number of rotatable bonds is 3. The molecular formula is C19H20ClN3O3. The van der Waals surface area contributed by atoms with Crippen molar-refractivity contribution in [3.63, 3.8) is 0 Å². The molecule has 26 heavy (non-hydrogen) atoms. The quantitative estimate of drug-likeness (QED) is 0.760. The normalized spacial score (nSPS) is 15.1.